The molecule has 0 unspecified atom stereocenters. The van der Waals surface area contributed by atoms with Crippen LogP contribution in [-0.2, 0) is 30.4 Å². The fourth-order valence-electron chi connectivity index (χ4n) is 3.40. The van der Waals surface area contributed by atoms with Crippen LogP contribution >= 0.6 is 7.82 Å². The number of carbonyl (C=O) groups excluding carboxylic acids is 1. The zero-order valence-corrected chi connectivity index (χ0v) is 18.8. The molecule has 0 amide bonds. The third-order valence-electron chi connectivity index (χ3n) is 5.00. The Kier molecular flexibility index (Phi) is 7.10. The fourth-order valence-corrected chi connectivity index (χ4v) is 3.97. The molecule has 0 aliphatic carbocycles. The summed E-state index contributed by atoms with van der Waals surface area (Å²) in [6.07, 6.45) is -5.86. The van der Waals surface area contributed by atoms with Crippen molar-refractivity contribution in [2.45, 2.75) is 44.5 Å². The number of fused-ring (bicyclic) bond motifs is 1. The van der Waals surface area contributed by atoms with E-state index in [9.17, 15) is 34.2 Å². The number of aromatic nitrogens is 3. The number of nitrogens with two attached hydrogens (primary N) is 1. The van der Waals surface area contributed by atoms with Crippen molar-refractivity contribution in [1.29, 1.82) is 0 Å². The number of rotatable bonds is 6. The molecule has 1 aliphatic heterocycles. The van der Waals surface area contributed by atoms with Crippen molar-refractivity contribution in [1.82, 2.24) is 14.1 Å². The van der Waals surface area contributed by atoms with Crippen molar-refractivity contribution in [3.05, 3.63) is 34.4 Å². The van der Waals surface area contributed by atoms with Gasteiger partial charge in [0.25, 0.3) is 5.56 Å². The first-order chi connectivity index (χ1) is 15.3. The lowest BCUT2D eigenvalue weighted by Crippen LogP contribution is -2.57. The topological polar surface area (TPSA) is 209 Å². The molecule has 3 heterocycles. The SMILES string of the molecule is CC(C)=CC(=O)OC[C@H]1O[C@@H](n2cnc3c(=O)n(C)c(N)cc32)[C@H](O)[C@@H](OP(=O)(O)O)[C@@H]1O. The first-order valence-corrected chi connectivity index (χ1v) is 11.2. The molecule has 182 valence electrons. The van der Waals surface area contributed by atoms with E-state index < -0.39 is 56.6 Å². The molecule has 0 aromatic carbocycles. The van der Waals surface area contributed by atoms with E-state index in [4.69, 9.17) is 15.2 Å². The Labute approximate surface area is 187 Å². The fraction of sp³-hybridized carbons (Fsp3) is 0.500. The molecule has 5 atom stereocenters. The minimum absolute atomic E-state index is 0.00684. The second-order valence-corrected chi connectivity index (χ2v) is 8.97. The summed E-state index contributed by atoms with van der Waals surface area (Å²) in [5.74, 6) is -0.653. The van der Waals surface area contributed by atoms with Gasteiger partial charge < -0.3 is 39.8 Å². The van der Waals surface area contributed by atoms with Crippen LogP contribution in [0.25, 0.3) is 11.0 Å². The molecular weight excluding hydrogens is 463 g/mol. The van der Waals surface area contributed by atoms with Gasteiger partial charge >= 0.3 is 13.8 Å². The zero-order chi connectivity index (χ0) is 24.7. The third-order valence-corrected chi connectivity index (χ3v) is 5.52. The van der Waals surface area contributed by atoms with Crippen LogP contribution in [0.5, 0.6) is 0 Å². The van der Waals surface area contributed by atoms with E-state index >= 15 is 0 Å². The predicted octanol–water partition coefficient (Wildman–Crippen LogP) is -1.08. The second-order valence-electron chi connectivity index (χ2n) is 7.78. The van der Waals surface area contributed by atoms with Gasteiger partial charge in [-0.1, -0.05) is 5.57 Å². The Bertz CT molecular complexity index is 1180. The van der Waals surface area contributed by atoms with Crippen LogP contribution in [-0.4, -0.2) is 71.1 Å². The highest BCUT2D eigenvalue weighted by molar-refractivity contribution is 7.46. The van der Waals surface area contributed by atoms with Crippen molar-refractivity contribution < 1.29 is 43.4 Å². The molecule has 0 spiro atoms. The van der Waals surface area contributed by atoms with Gasteiger partial charge in [-0.25, -0.2) is 14.3 Å². The summed E-state index contributed by atoms with van der Waals surface area (Å²) >= 11 is 0. The van der Waals surface area contributed by atoms with Crippen LogP contribution in [0.15, 0.2) is 28.8 Å². The van der Waals surface area contributed by atoms with Gasteiger partial charge in [0.2, 0.25) is 0 Å². The van der Waals surface area contributed by atoms with Crippen LogP contribution in [0.3, 0.4) is 0 Å². The zero-order valence-electron chi connectivity index (χ0n) is 17.9. The maximum Gasteiger partial charge on any atom is 0.470 e. The van der Waals surface area contributed by atoms with Gasteiger partial charge in [-0.15, -0.1) is 0 Å². The number of anilines is 1. The van der Waals surface area contributed by atoms with Gasteiger partial charge in [0.15, 0.2) is 11.7 Å². The predicted molar refractivity (Wildman–Crippen MR) is 113 cm³/mol. The third kappa shape index (κ3) is 5.33. The Morgan fingerprint density at radius 3 is 2.61 bits per heavy atom. The number of nitrogen functional groups attached to an aromatic ring is 1. The highest BCUT2D eigenvalue weighted by atomic mass is 31.2. The number of phosphoric ester groups is 1. The Morgan fingerprint density at radius 1 is 1.33 bits per heavy atom. The van der Waals surface area contributed by atoms with Crippen molar-refractivity contribution >= 4 is 30.6 Å². The molecule has 0 saturated carbocycles. The van der Waals surface area contributed by atoms with Gasteiger partial charge in [-0.3, -0.25) is 13.9 Å². The van der Waals surface area contributed by atoms with Gasteiger partial charge in [0, 0.05) is 19.2 Å². The van der Waals surface area contributed by atoms with Crippen molar-refractivity contribution in [2.75, 3.05) is 12.3 Å². The van der Waals surface area contributed by atoms with E-state index in [1.54, 1.807) is 13.8 Å². The number of hydrogen-bond donors (Lipinski definition) is 5. The number of phosphoric acid groups is 1. The first kappa shape index (κ1) is 25.1. The summed E-state index contributed by atoms with van der Waals surface area (Å²) in [5.41, 5.74) is 6.13. The average molecular weight is 488 g/mol. The lowest BCUT2D eigenvalue weighted by atomic mass is 9.98. The summed E-state index contributed by atoms with van der Waals surface area (Å²) in [6.45, 7) is 2.82. The van der Waals surface area contributed by atoms with Crippen LogP contribution < -0.4 is 11.3 Å². The Morgan fingerprint density at radius 2 is 2.00 bits per heavy atom. The summed E-state index contributed by atoms with van der Waals surface area (Å²) in [7, 11) is -3.71. The molecule has 2 aromatic heterocycles. The van der Waals surface area contributed by atoms with E-state index in [0.29, 0.717) is 5.57 Å². The molecular formula is C18H25N4O10P. The first-order valence-electron chi connectivity index (χ1n) is 9.69. The number of aliphatic hydroxyl groups excluding tert-OH is 2. The van der Waals surface area contributed by atoms with Gasteiger partial charge in [0.05, 0.1) is 11.8 Å². The molecule has 14 nitrogen and oxygen atoms in total. The van der Waals surface area contributed by atoms with Gasteiger partial charge in [-0.2, -0.15) is 0 Å². The minimum Gasteiger partial charge on any atom is -0.460 e. The Balaban J connectivity index is 2.00. The molecule has 1 aliphatic rings. The molecule has 1 saturated heterocycles. The molecule has 2 aromatic rings. The molecule has 3 rings (SSSR count). The second kappa shape index (κ2) is 9.35. The van der Waals surface area contributed by atoms with Gasteiger partial charge in [-0.05, 0) is 13.8 Å². The quantitative estimate of drug-likeness (QED) is 0.187. The molecule has 0 bridgehead atoms. The van der Waals surface area contributed by atoms with Gasteiger partial charge in [0.1, 0.15) is 36.8 Å². The van der Waals surface area contributed by atoms with E-state index in [-0.39, 0.29) is 16.9 Å². The lowest BCUT2D eigenvalue weighted by molar-refractivity contribution is -0.248. The van der Waals surface area contributed by atoms with E-state index in [2.05, 4.69) is 9.51 Å². The summed E-state index contributed by atoms with van der Waals surface area (Å²) in [4.78, 5) is 46.8. The normalized spacial score (nSPS) is 25.7. The monoisotopic (exact) mass is 488 g/mol. The number of carbonyl (C=O) groups is 1. The minimum atomic E-state index is -5.16. The highest BCUT2D eigenvalue weighted by Crippen LogP contribution is 2.43. The van der Waals surface area contributed by atoms with Crippen molar-refractivity contribution in [2.24, 2.45) is 7.05 Å². The van der Waals surface area contributed by atoms with Crippen molar-refractivity contribution in [3.8, 4) is 0 Å². The number of nitrogens with zero attached hydrogens (tertiary/aromatic N) is 3. The molecule has 15 heteroatoms. The van der Waals surface area contributed by atoms with Crippen LogP contribution in [0.2, 0.25) is 0 Å². The maximum absolute atomic E-state index is 12.4. The molecule has 6 N–H and O–H groups in total. The maximum atomic E-state index is 12.4. The number of esters is 1. The van der Waals surface area contributed by atoms with E-state index in [1.807, 2.05) is 0 Å². The van der Waals surface area contributed by atoms with Crippen LogP contribution in [0, 0.1) is 0 Å². The summed E-state index contributed by atoms with van der Waals surface area (Å²) in [6, 6.07) is 1.40. The number of imidazole rings is 1. The van der Waals surface area contributed by atoms with E-state index in [0.717, 1.165) is 10.9 Å². The summed E-state index contributed by atoms with van der Waals surface area (Å²) in [5, 5.41) is 21.3. The number of hydrogen-bond acceptors (Lipinski definition) is 10. The molecule has 1 fully saturated rings. The number of aliphatic hydroxyl groups is 2. The average Bonchev–Trinajstić information content (AvgIpc) is 3.11. The summed E-state index contributed by atoms with van der Waals surface area (Å²) < 4.78 is 29.2. The smallest absolute Gasteiger partial charge is 0.460 e. The lowest BCUT2D eigenvalue weighted by Gasteiger charge is -2.42. The highest BCUT2D eigenvalue weighted by Gasteiger charge is 2.49. The molecule has 33 heavy (non-hydrogen) atoms. The Hall–Kier alpha value is -2.58. The van der Waals surface area contributed by atoms with Crippen LogP contribution in [0.1, 0.15) is 20.1 Å². The van der Waals surface area contributed by atoms with Crippen molar-refractivity contribution in [3.63, 3.8) is 0 Å². The number of ether oxygens (including phenoxy) is 2. The molecule has 0 radical (unpaired) electrons. The standard InChI is InChI=1S/C18H25N4O10P/c1-8(2)4-12(23)30-6-10-14(24)16(32-33(27,28)29)15(25)18(31-10)22-7-20-13-9(22)5-11(19)21(3)17(13)26/h4-5,7,10,14-16,18,24-25H,6,19H2,1-3H3,(H2,27,28,29)/t10-,14-,15-,16+,18-/m1/s1. The number of pyridine rings is 1. The number of allylic oxidation sites excluding steroid dienone is 1. The van der Waals surface area contributed by atoms with E-state index in [1.165, 1.54) is 23.8 Å². The van der Waals surface area contributed by atoms with Crippen LogP contribution in [0.4, 0.5) is 5.82 Å². The largest absolute Gasteiger partial charge is 0.470 e.